The Morgan fingerprint density at radius 3 is 2.79 bits per heavy atom. The van der Waals surface area contributed by atoms with Crippen molar-refractivity contribution in [2.75, 3.05) is 13.2 Å². The summed E-state index contributed by atoms with van der Waals surface area (Å²) >= 11 is 5.57. The van der Waals surface area contributed by atoms with Crippen molar-refractivity contribution in [2.24, 2.45) is 0 Å². The van der Waals surface area contributed by atoms with E-state index < -0.39 is 17.6 Å². The average molecular weight is 408 g/mol. The number of ether oxygens (including phenoxy) is 1. The van der Waals surface area contributed by atoms with Crippen molar-refractivity contribution >= 4 is 23.4 Å². The van der Waals surface area contributed by atoms with Crippen molar-refractivity contribution in [3.8, 4) is 5.75 Å². The number of pyridine rings is 1. The van der Waals surface area contributed by atoms with Crippen LogP contribution in [0.2, 0.25) is 5.02 Å². The number of carbonyl (C=O) groups excluding carboxylic acids is 2. The zero-order valence-corrected chi connectivity index (χ0v) is 15.6. The Balaban J connectivity index is 1.70. The number of benzene rings is 1. The van der Waals surface area contributed by atoms with Gasteiger partial charge in [0.25, 0.3) is 11.8 Å². The molecule has 1 aromatic heterocycles. The number of aromatic nitrogens is 1. The van der Waals surface area contributed by atoms with Crippen LogP contribution in [0.5, 0.6) is 5.75 Å². The van der Waals surface area contributed by atoms with Crippen LogP contribution in [0.25, 0.3) is 0 Å². The van der Waals surface area contributed by atoms with Crippen molar-refractivity contribution in [2.45, 2.75) is 13.0 Å². The smallest absolute Gasteiger partial charge is 0.273 e. The van der Waals surface area contributed by atoms with Gasteiger partial charge in [0.1, 0.15) is 17.3 Å². The Labute approximate surface area is 166 Å². The molecule has 0 aliphatic carbocycles. The van der Waals surface area contributed by atoms with Gasteiger partial charge in [-0.25, -0.2) is 4.39 Å². The molecule has 2 aromatic rings. The first-order valence-corrected chi connectivity index (χ1v) is 8.66. The van der Waals surface area contributed by atoms with Crippen LogP contribution >= 0.6 is 11.6 Å². The van der Waals surface area contributed by atoms with Gasteiger partial charge in [0, 0.05) is 30.9 Å². The molecule has 2 amide bonds. The molecule has 0 bridgehead atoms. The minimum Gasteiger partial charge on any atom is -0.484 e. The van der Waals surface area contributed by atoms with E-state index >= 15 is 0 Å². The van der Waals surface area contributed by atoms with Crippen LogP contribution < -0.4 is 15.4 Å². The van der Waals surface area contributed by atoms with E-state index in [1.807, 2.05) is 0 Å². The lowest BCUT2D eigenvalue weighted by Gasteiger charge is -2.10. The summed E-state index contributed by atoms with van der Waals surface area (Å²) in [5.41, 5.74) is 1.11. The summed E-state index contributed by atoms with van der Waals surface area (Å²) in [4.78, 5) is 27.8. The molecule has 28 heavy (non-hydrogen) atoms. The van der Waals surface area contributed by atoms with Crippen LogP contribution in [-0.2, 0) is 11.4 Å². The average Bonchev–Trinajstić information content (AvgIpc) is 2.68. The van der Waals surface area contributed by atoms with Gasteiger partial charge in [-0.15, -0.1) is 0 Å². The number of aliphatic hydroxyl groups excluding tert-OH is 1. The predicted molar refractivity (Wildman–Crippen MR) is 101 cm³/mol. The maximum atomic E-state index is 13.3. The highest BCUT2D eigenvalue weighted by atomic mass is 35.5. The highest BCUT2D eigenvalue weighted by molar-refractivity contribution is 6.30. The first-order chi connectivity index (χ1) is 13.4. The number of aliphatic hydroxyl groups is 1. The fraction of sp³-hybridized carbons (Fsp3) is 0.211. The third-order valence-electron chi connectivity index (χ3n) is 3.54. The molecule has 0 radical (unpaired) electrons. The van der Waals surface area contributed by atoms with E-state index in [1.165, 1.54) is 24.4 Å². The van der Waals surface area contributed by atoms with Gasteiger partial charge in [-0.1, -0.05) is 18.2 Å². The lowest BCUT2D eigenvalue weighted by atomic mass is 10.2. The number of amides is 2. The second-order valence-corrected chi connectivity index (χ2v) is 6.14. The SMILES string of the molecule is C=C(CCNC(=O)COc1ccc(Cl)c(F)c1)NC(=O)c1cc(CO)ccn1. The maximum absolute atomic E-state index is 13.3. The molecule has 1 aromatic carbocycles. The van der Waals surface area contributed by atoms with Crippen molar-refractivity contribution in [1.29, 1.82) is 0 Å². The quantitative estimate of drug-likeness (QED) is 0.591. The third kappa shape index (κ3) is 6.64. The Kier molecular flexibility index (Phi) is 7.91. The number of rotatable bonds is 9. The van der Waals surface area contributed by atoms with Crippen molar-refractivity contribution in [1.82, 2.24) is 15.6 Å². The zero-order valence-electron chi connectivity index (χ0n) is 14.9. The van der Waals surface area contributed by atoms with Crippen LogP contribution in [0.15, 0.2) is 48.8 Å². The lowest BCUT2D eigenvalue weighted by Crippen LogP contribution is -2.31. The molecule has 3 N–H and O–H groups in total. The monoisotopic (exact) mass is 407 g/mol. The molecule has 0 saturated heterocycles. The summed E-state index contributed by atoms with van der Waals surface area (Å²) in [5, 5.41) is 14.2. The van der Waals surface area contributed by atoms with Crippen LogP contribution in [0.4, 0.5) is 4.39 Å². The van der Waals surface area contributed by atoms with E-state index in [0.717, 1.165) is 6.07 Å². The van der Waals surface area contributed by atoms with E-state index in [9.17, 15) is 14.0 Å². The van der Waals surface area contributed by atoms with Crippen molar-refractivity contribution in [3.63, 3.8) is 0 Å². The molecule has 1 heterocycles. The number of carbonyl (C=O) groups is 2. The van der Waals surface area contributed by atoms with Gasteiger partial charge in [0.2, 0.25) is 0 Å². The van der Waals surface area contributed by atoms with Crippen molar-refractivity contribution < 1.29 is 23.8 Å². The topological polar surface area (TPSA) is 101 Å². The van der Waals surface area contributed by atoms with Crippen LogP contribution in [0.3, 0.4) is 0 Å². The molecular formula is C19H19ClFN3O4. The van der Waals surface area contributed by atoms with Gasteiger partial charge >= 0.3 is 0 Å². The predicted octanol–water partition coefficient (Wildman–Crippen LogP) is 2.20. The van der Waals surface area contributed by atoms with Gasteiger partial charge in [0.05, 0.1) is 11.6 Å². The van der Waals surface area contributed by atoms with Crippen molar-refractivity contribution in [3.05, 3.63) is 70.9 Å². The summed E-state index contributed by atoms with van der Waals surface area (Å²) < 4.78 is 18.5. The molecule has 0 saturated carbocycles. The molecular weight excluding hydrogens is 389 g/mol. The zero-order chi connectivity index (χ0) is 20.5. The summed E-state index contributed by atoms with van der Waals surface area (Å²) in [6.07, 6.45) is 1.72. The molecule has 7 nitrogen and oxygen atoms in total. The lowest BCUT2D eigenvalue weighted by molar-refractivity contribution is -0.123. The molecule has 0 aliphatic heterocycles. The van der Waals surface area contributed by atoms with Crippen LogP contribution in [0.1, 0.15) is 22.5 Å². The maximum Gasteiger partial charge on any atom is 0.273 e. The summed E-state index contributed by atoms with van der Waals surface area (Å²) in [7, 11) is 0. The molecule has 148 valence electrons. The van der Waals surface area contributed by atoms with Gasteiger partial charge in [-0.05, 0) is 29.8 Å². The molecule has 9 heteroatoms. The van der Waals surface area contributed by atoms with Crippen LogP contribution in [-0.4, -0.2) is 35.1 Å². The summed E-state index contributed by atoms with van der Waals surface area (Å²) in [5.74, 6) is -1.32. The first kappa shape index (κ1) is 21.3. The number of hydrogen-bond acceptors (Lipinski definition) is 5. The summed E-state index contributed by atoms with van der Waals surface area (Å²) in [6.45, 7) is 3.46. The molecule has 2 rings (SSSR count). The Morgan fingerprint density at radius 2 is 2.07 bits per heavy atom. The van der Waals surface area contributed by atoms with E-state index in [-0.39, 0.29) is 36.2 Å². The van der Waals surface area contributed by atoms with Gasteiger partial charge in [0.15, 0.2) is 6.61 Å². The number of nitrogens with one attached hydrogen (secondary N) is 2. The van der Waals surface area contributed by atoms with Crippen LogP contribution in [0, 0.1) is 5.82 Å². The first-order valence-electron chi connectivity index (χ1n) is 8.28. The number of hydrogen-bond donors (Lipinski definition) is 3. The standard InChI is InChI=1S/C19H19ClFN3O4/c1-12(24-19(27)17-8-13(10-25)5-7-22-17)4-6-23-18(26)11-28-14-2-3-15(20)16(21)9-14/h2-3,5,7-9,25H,1,4,6,10-11H2,(H,23,26)(H,24,27). The fourth-order valence-corrected chi connectivity index (χ4v) is 2.22. The summed E-state index contributed by atoms with van der Waals surface area (Å²) in [6, 6.07) is 6.95. The minimum atomic E-state index is -0.634. The highest BCUT2D eigenvalue weighted by Crippen LogP contribution is 2.20. The Bertz CT molecular complexity index is 876. The van der Waals surface area contributed by atoms with E-state index in [4.69, 9.17) is 21.4 Å². The molecule has 0 unspecified atom stereocenters. The Hall–Kier alpha value is -2.97. The van der Waals surface area contributed by atoms with E-state index in [0.29, 0.717) is 17.7 Å². The highest BCUT2D eigenvalue weighted by Gasteiger charge is 2.10. The van der Waals surface area contributed by atoms with E-state index in [1.54, 1.807) is 6.07 Å². The minimum absolute atomic E-state index is 0.0318. The van der Waals surface area contributed by atoms with Gasteiger partial charge < -0.3 is 20.5 Å². The fourth-order valence-electron chi connectivity index (χ4n) is 2.10. The number of halogens is 2. The molecule has 0 fully saturated rings. The molecule has 0 aliphatic rings. The largest absolute Gasteiger partial charge is 0.484 e. The number of nitrogens with zero attached hydrogens (tertiary/aromatic N) is 1. The normalized spacial score (nSPS) is 10.2. The second kappa shape index (κ2) is 10.4. The third-order valence-corrected chi connectivity index (χ3v) is 3.85. The molecule has 0 atom stereocenters. The second-order valence-electron chi connectivity index (χ2n) is 5.73. The molecule has 0 spiro atoms. The van der Waals surface area contributed by atoms with Gasteiger partial charge in [-0.2, -0.15) is 0 Å². The van der Waals surface area contributed by atoms with Gasteiger partial charge in [-0.3, -0.25) is 14.6 Å². The van der Waals surface area contributed by atoms with E-state index in [2.05, 4.69) is 22.2 Å². The Morgan fingerprint density at radius 1 is 1.29 bits per heavy atom.